The molecule has 3 nitrogen and oxygen atoms in total. The largest absolute Gasteiger partial charge is 0.396 e. The Balaban J connectivity index is 2.93. The monoisotopic (exact) mass is 163 g/mol. The standard InChI is InChI=1S/C9H13N3/c1-6(2)8-4-11-9(7(3)10)12-5-8/h4-6H,3,10H2,1-2H3. The van der Waals surface area contributed by atoms with Crippen LogP contribution >= 0.6 is 0 Å². The van der Waals surface area contributed by atoms with Gasteiger partial charge in [0, 0.05) is 12.4 Å². The second-order valence-electron chi connectivity index (χ2n) is 3.02. The summed E-state index contributed by atoms with van der Waals surface area (Å²) < 4.78 is 0. The molecular formula is C9H13N3. The molecule has 0 bridgehead atoms. The predicted octanol–water partition coefficient (Wildman–Crippen LogP) is 1.53. The van der Waals surface area contributed by atoms with Gasteiger partial charge >= 0.3 is 0 Å². The Morgan fingerprint density at radius 2 is 1.92 bits per heavy atom. The van der Waals surface area contributed by atoms with Gasteiger partial charge in [0.05, 0.1) is 5.70 Å². The molecule has 0 fully saturated rings. The van der Waals surface area contributed by atoms with Gasteiger partial charge in [0.1, 0.15) is 0 Å². The highest BCUT2D eigenvalue weighted by atomic mass is 14.9. The van der Waals surface area contributed by atoms with Crippen molar-refractivity contribution < 1.29 is 0 Å². The molecule has 0 unspecified atom stereocenters. The number of rotatable bonds is 2. The Labute approximate surface area is 72.3 Å². The van der Waals surface area contributed by atoms with Gasteiger partial charge in [-0.2, -0.15) is 0 Å². The molecule has 0 aliphatic carbocycles. The minimum atomic E-state index is 0.408. The molecule has 0 spiro atoms. The van der Waals surface area contributed by atoms with Gasteiger partial charge in [-0.15, -0.1) is 0 Å². The van der Waals surface area contributed by atoms with E-state index in [1.807, 2.05) is 0 Å². The summed E-state index contributed by atoms with van der Waals surface area (Å²) in [6, 6.07) is 0. The maximum Gasteiger partial charge on any atom is 0.174 e. The van der Waals surface area contributed by atoms with Crippen molar-refractivity contribution in [2.24, 2.45) is 5.73 Å². The lowest BCUT2D eigenvalue weighted by molar-refractivity contribution is 0.842. The van der Waals surface area contributed by atoms with Crippen molar-refractivity contribution in [3.05, 3.63) is 30.4 Å². The Kier molecular flexibility index (Phi) is 2.43. The van der Waals surface area contributed by atoms with Crippen molar-refractivity contribution >= 4 is 5.70 Å². The fraction of sp³-hybridized carbons (Fsp3) is 0.333. The van der Waals surface area contributed by atoms with Gasteiger partial charge in [0.25, 0.3) is 0 Å². The third kappa shape index (κ3) is 1.81. The molecule has 64 valence electrons. The summed E-state index contributed by atoms with van der Waals surface area (Å²) in [5, 5.41) is 0. The summed E-state index contributed by atoms with van der Waals surface area (Å²) in [4.78, 5) is 8.13. The van der Waals surface area contributed by atoms with Crippen LogP contribution in [0.2, 0.25) is 0 Å². The second-order valence-corrected chi connectivity index (χ2v) is 3.02. The van der Waals surface area contributed by atoms with Crippen LogP contribution in [0.4, 0.5) is 0 Å². The molecule has 0 saturated heterocycles. The number of nitrogens with zero attached hydrogens (tertiary/aromatic N) is 2. The highest BCUT2D eigenvalue weighted by Crippen LogP contribution is 2.11. The molecule has 1 aromatic rings. The van der Waals surface area contributed by atoms with E-state index in [4.69, 9.17) is 5.73 Å². The number of aromatic nitrogens is 2. The van der Waals surface area contributed by atoms with Crippen LogP contribution in [0.3, 0.4) is 0 Å². The van der Waals surface area contributed by atoms with E-state index in [0.29, 0.717) is 17.4 Å². The first-order chi connectivity index (χ1) is 5.61. The SMILES string of the molecule is C=C(N)c1ncc(C(C)C)cn1. The highest BCUT2D eigenvalue weighted by molar-refractivity contribution is 5.52. The van der Waals surface area contributed by atoms with Gasteiger partial charge in [-0.05, 0) is 11.5 Å². The molecule has 0 aliphatic heterocycles. The number of hydrogen-bond donors (Lipinski definition) is 1. The van der Waals surface area contributed by atoms with Crippen LogP contribution in [0.25, 0.3) is 5.70 Å². The fourth-order valence-corrected chi connectivity index (χ4v) is 0.802. The fourth-order valence-electron chi connectivity index (χ4n) is 0.802. The molecule has 12 heavy (non-hydrogen) atoms. The molecule has 1 rings (SSSR count). The van der Waals surface area contributed by atoms with Crippen LogP contribution in [-0.4, -0.2) is 9.97 Å². The lowest BCUT2D eigenvalue weighted by Gasteiger charge is -2.04. The zero-order chi connectivity index (χ0) is 9.14. The first-order valence-corrected chi connectivity index (χ1v) is 3.88. The van der Waals surface area contributed by atoms with E-state index < -0.39 is 0 Å². The smallest absolute Gasteiger partial charge is 0.174 e. The molecule has 0 saturated carbocycles. The zero-order valence-corrected chi connectivity index (χ0v) is 7.41. The van der Waals surface area contributed by atoms with Crippen molar-refractivity contribution in [2.75, 3.05) is 0 Å². The normalized spacial score (nSPS) is 10.2. The zero-order valence-electron chi connectivity index (χ0n) is 7.41. The Morgan fingerprint density at radius 1 is 1.42 bits per heavy atom. The minimum absolute atomic E-state index is 0.408. The quantitative estimate of drug-likeness (QED) is 0.719. The molecule has 0 radical (unpaired) electrons. The number of hydrogen-bond acceptors (Lipinski definition) is 3. The molecule has 0 aliphatic rings. The third-order valence-electron chi connectivity index (χ3n) is 1.63. The van der Waals surface area contributed by atoms with Gasteiger partial charge < -0.3 is 5.73 Å². The third-order valence-corrected chi connectivity index (χ3v) is 1.63. The van der Waals surface area contributed by atoms with E-state index in [1.54, 1.807) is 12.4 Å². The summed E-state index contributed by atoms with van der Waals surface area (Å²) in [5.41, 5.74) is 6.94. The van der Waals surface area contributed by atoms with Gasteiger partial charge in [0.2, 0.25) is 0 Å². The van der Waals surface area contributed by atoms with E-state index in [0.717, 1.165) is 5.56 Å². The molecule has 3 heteroatoms. The van der Waals surface area contributed by atoms with E-state index in [-0.39, 0.29) is 0 Å². The molecule has 0 aromatic carbocycles. The molecule has 0 amide bonds. The maximum atomic E-state index is 5.42. The van der Waals surface area contributed by atoms with Crippen LogP contribution < -0.4 is 5.73 Å². The Morgan fingerprint density at radius 3 is 2.25 bits per heavy atom. The van der Waals surface area contributed by atoms with Gasteiger partial charge in [-0.1, -0.05) is 20.4 Å². The van der Waals surface area contributed by atoms with E-state index >= 15 is 0 Å². The molecular weight excluding hydrogens is 150 g/mol. The summed E-state index contributed by atoms with van der Waals surface area (Å²) in [6.07, 6.45) is 3.57. The summed E-state index contributed by atoms with van der Waals surface area (Å²) in [5.74, 6) is 0.962. The highest BCUT2D eigenvalue weighted by Gasteiger charge is 2.01. The maximum absolute atomic E-state index is 5.42. The van der Waals surface area contributed by atoms with Crippen LogP contribution in [0.15, 0.2) is 19.0 Å². The molecule has 1 aromatic heterocycles. The van der Waals surface area contributed by atoms with Crippen molar-refractivity contribution in [1.29, 1.82) is 0 Å². The lowest BCUT2D eigenvalue weighted by atomic mass is 10.1. The second kappa shape index (κ2) is 3.34. The summed E-state index contributed by atoms with van der Waals surface area (Å²) in [7, 11) is 0. The first kappa shape index (κ1) is 8.71. The van der Waals surface area contributed by atoms with Crippen LogP contribution in [0.5, 0.6) is 0 Å². The topological polar surface area (TPSA) is 51.8 Å². The first-order valence-electron chi connectivity index (χ1n) is 3.88. The molecule has 2 N–H and O–H groups in total. The predicted molar refractivity (Wildman–Crippen MR) is 49.3 cm³/mol. The van der Waals surface area contributed by atoms with Gasteiger partial charge in [0.15, 0.2) is 5.82 Å². The van der Waals surface area contributed by atoms with Crippen molar-refractivity contribution in [3.63, 3.8) is 0 Å². The Hall–Kier alpha value is -1.38. The lowest BCUT2D eigenvalue weighted by Crippen LogP contribution is -2.01. The summed E-state index contributed by atoms with van der Waals surface area (Å²) in [6.45, 7) is 7.74. The Bertz CT molecular complexity index is 274. The van der Waals surface area contributed by atoms with Crippen molar-refractivity contribution in [1.82, 2.24) is 9.97 Å². The number of nitrogens with two attached hydrogens (primary N) is 1. The van der Waals surface area contributed by atoms with Gasteiger partial charge in [-0.25, -0.2) is 9.97 Å². The van der Waals surface area contributed by atoms with E-state index in [2.05, 4.69) is 30.4 Å². The summed E-state index contributed by atoms with van der Waals surface area (Å²) >= 11 is 0. The van der Waals surface area contributed by atoms with Crippen LogP contribution in [0, 0.1) is 0 Å². The van der Waals surface area contributed by atoms with Crippen molar-refractivity contribution in [2.45, 2.75) is 19.8 Å². The van der Waals surface area contributed by atoms with Crippen molar-refractivity contribution in [3.8, 4) is 0 Å². The van der Waals surface area contributed by atoms with Crippen LogP contribution in [-0.2, 0) is 0 Å². The minimum Gasteiger partial charge on any atom is -0.396 e. The van der Waals surface area contributed by atoms with E-state index in [1.165, 1.54) is 0 Å². The van der Waals surface area contributed by atoms with Gasteiger partial charge in [-0.3, -0.25) is 0 Å². The van der Waals surface area contributed by atoms with E-state index in [9.17, 15) is 0 Å². The average molecular weight is 163 g/mol. The average Bonchev–Trinajstić information content (AvgIpc) is 2.04. The molecule has 1 heterocycles. The van der Waals surface area contributed by atoms with Crippen LogP contribution in [0.1, 0.15) is 31.2 Å². The molecule has 0 atom stereocenters.